The molecule has 1 aliphatic carbocycles. The molecule has 2 heteroatoms. The van der Waals surface area contributed by atoms with Crippen LogP contribution in [0.1, 0.15) is 22.3 Å². The highest BCUT2D eigenvalue weighted by Gasteiger charge is 2.52. The maximum Gasteiger partial charge on any atom is 0.140 e. The summed E-state index contributed by atoms with van der Waals surface area (Å²) >= 11 is 0. The molecule has 63 heavy (non-hydrogen) atoms. The van der Waals surface area contributed by atoms with Crippen LogP contribution in [0.25, 0.3) is 65.7 Å². The number of hydrogen-bond donors (Lipinski definition) is 0. The van der Waals surface area contributed by atoms with Gasteiger partial charge in [0.2, 0.25) is 0 Å². The van der Waals surface area contributed by atoms with Gasteiger partial charge >= 0.3 is 0 Å². The van der Waals surface area contributed by atoms with E-state index in [1.54, 1.807) is 0 Å². The van der Waals surface area contributed by atoms with Crippen molar-refractivity contribution in [3.05, 3.63) is 259 Å². The summed E-state index contributed by atoms with van der Waals surface area (Å²) in [6.45, 7) is 0. The van der Waals surface area contributed by atoms with Crippen LogP contribution in [0.5, 0.6) is 11.5 Å². The average molecular weight is 802 g/mol. The van der Waals surface area contributed by atoms with Crippen molar-refractivity contribution in [2.24, 2.45) is 0 Å². The van der Waals surface area contributed by atoms with Crippen LogP contribution in [0.3, 0.4) is 0 Å². The molecule has 294 valence electrons. The highest BCUT2D eigenvalue weighted by atomic mass is 16.5. The minimum Gasteiger partial charge on any atom is -0.455 e. The Labute approximate surface area is 366 Å². The molecule has 11 aromatic rings. The Balaban J connectivity index is 1.08. The van der Waals surface area contributed by atoms with E-state index in [1.165, 1.54) is 44.2 Å². The standard InChI is InChI=1S/C61H39NO/c1-2-15-40(16-3-1)45-21-14-22-47(37-45)62(48-33-29-41-17-4-5-20-44(41)38-48)58-28-13-11-23-49(58)46-30-34-53-52-26-10-12-27-54(52)61(57(53)39-46)55-35-31-42-18-6-8-24-50(42)59(55)63-60-51-25-9-7-19-43(51)32-36-56(60)61/h1-39H. The SMILES string of the molecule is c1ccc(-c2cccc(N(c3ccc4ccccc4c3)c3ccccc3-c3ccc4c(c3)C3(c5ccccc5-4)c4ccc5ccccc5c4Oc4c3ccc3ccccc43)c2)cc1. The monoisotopic (exact) mass is 801 g/mol. The van der Waals surface area contributed by atoms with Gasteiger partial charge in [-0.15, -0.1) is 0 Å². The van der Waals surface area contributed by atoms with Crippen LogP contribution in [0, 0.1) is 0 Å². The molecule has 0 amide bonds. The summed E-state index contributed by atoms with van der Waals surface area (Å²) in [6.07, 6.45) is 0. The molecule has 11 aromatic carbocycles. The molecule has 13 rings (SSSR count). The number of benzene rings is 11. The predicted octanol–water partition coefficient (Wildman–Crippen LogP) is 16.4. The van der Waals surface area contributed by atoms with Crippen LogP contribution in [0.15, 0.2) is 237 Å². The van der Waals surface area contributed by atoms with E-state index < -0.39 is 5.41 Å². The van der Waals surface area contributed by atoms with Crippen molar-refractivity contribution in [1.29, 1.82) is 0 Å². The number of fused-ring (bicyclic) bond motifs is 14. The van der Waals surface area contributed by atoms with Crippen LogP contribution in [-0.4, -0.2) is 0 Å². The topological polar surface area (TPSA) is 12.5 Å². The lowest BCUT2D eigenvalue weighted by Crippen LogP contribution is -2.32. The minimum atomic E-state index is -0.643. The molecule has 1 spiro atoms. The summed E-state index contributed by atoms with van der Waals surface area (Å²) in [5.74, 6) is 1.84. The molecule has 0 radical (unpaired) electrons. The van der Waals surface area contributed by atoms with Gasteiger partial charge in [0, 0.05) is 38.8 Å². The molecule has 1 aliphatic heterocycles. The normalized spacial score (nSPS) is 13.0. The second-order valence-electron chi connectivity index (χ2n) is 16.8. The van der Waals surface area contributed by atoms with Crippen molar-refractivity contribution in [2.45, 2.75) is 5.41 Å². The first-order valence-electron chi connectivity index (χ1n) is 21.7. The number of para-hydroxylation sites is 1. The Morgan fingerprint density at radius 2 is 0.873 bits per heavy atom. The lowest BCUT2D eigenvalue weighted by molar-refractivity contribution is 0.447. The van der Waals surface area contributed by atoms with E-state index in [1.807, 2.05) is 0 Å². The third kappa shape index (κ3) is 5.32. The number of nitrogens with zero attached hydrogens (tertiary/aromatic N) is 1. The van der Waals surface area contributed by atoms with Crippen molar-refractivity contribution >= 4 is 49.4 Å². The first kappa shape index (κ1) is 35.5. The number of anilines is 3. The Kier molecular flexibility index (Phi) is 7.85. The molecule has 0 saturated carbocycles. The smallest absolute Gasteiger partial charge is 0.140 e. The molecule has 0 aromatic heterocycles. The molecule has 2 aliphatic rings. The molecule has 0 fully saturated rings. The van der Waals surface area contributed by atoms with Gasteiger partial charge in [0.15, 0.2) is 0 Å². The molecule has 0 N–H and O–H groups in total. The van der Waals surface area contributed by atoms with E-state index in [9.17, 15) is 0 Å². The molecular formula is C61H39NO. The van der Waals surface area contributed by atoms with E-state index in [0.717, 1.165) is 72.4 Å². The van der Waals surface area contributed by atoms with E-state index in [0.29, 0.717) is 0 Å². The Morgan fingerprint density at radius 1 is 0.302 bits per heavy atom. The summed E-state index contributed by atoms with van der Waals surface area (Å²) in [5, 5.41) is 6.97. The third-order valence-corrected chi connectivity index (χ3v) is 13.5. The summed E-state index contributed by atoms with van der Waals surface area (Å²) in [5.41, 5.74) is 14.7. The largest absolute Gasteiger partial charge is 0.455 e. The van der Waals surface area contributed by atoms with Gasteiger partial charge in [0.1, 0.15) is 11.5 Å². The first-order valence-corrected chi connectivity index (χ1v) is 21.7. The zero-order valence-electron chi connectivity index (χ0n) is 34.4. The predicted molar refractivity (Wildman–Crippen MR) is 262 cm³/mol. The highest BCUT2D eigenvalue weighted by molar-refractivity contribution is 6.01. The van der Waals surface area contributed by atoms with E-state index >= 15 is 0 Å². The average Bonchev–Trinajstić information content (AvgIpc) is 3.64. The van der Waals surface area contributed by atoms with Gasteiger partial charge < -0.3 is 9.64 Å². The van der Waals surface area contributed by atoms with Gasteiger partial charge in [-0.05, 0) is 96.9 Å². The number of hydrogen-bond acceptors (Lipinski definition) is 2. The van der Waals surface area contributed by atoms with Gasteiger partial charge in [-0.2, -0.15) is 0 Å². The second kappa shape index (κ2) is 13.9. The zero-order chi connectivity index (χ0) is 41.5. The lowest BCUT2D eigenvalue weighted by Gasteiger charge is -2.40. The lowest BCUT2D eigenvalue weighted by atomic mass is 9.65. The van der Waals surface area contributed by atoms with Crippen molar-refractivity contribution in [3.8, 4) is 44.9 Å². The van der Waals surface area contributed by atoms with Gasteiger partial charge in [-0.1, -0.05) is 200 Å². The second-order valence-corrected chi connectivity index (χ2v) is 16.8. The zero-order valence-corrected chi connectivity index (χ0v) is 34.4. The fourth-order valence-electron chi connectivity index (χ4n) is 10.7. The van der Waals surface area contributed by atoms with Crippen LogP contribution in [0.4, 0.5) is 17.1 Å². The molecular weight excluding hydrogens is 763 g/mol. The minimum absolute atomic E-state index is 0.643. The number of rotatable bonds is 5. The maximum atomic E-state index is 7.25. The van der Waals surface area contributed by atoms with E-state index in [4.69, 9.17) is 4.74 Å². The Hall–Kier alpha value is -8.20. The molecule has 0 saturated heterocycles. The van der Waals surface area contributed by atoms with Gasteiger partial charge in [-0.3, -0.25) is 0 Å². The van der Waals surface area contributed by atoms with Crippen LogP contribution >= 0.6 is 0 Å². The summed E-state index contributed by atoms with van der Waals surface area (Å²) in [6, 6.07) is 86.6. The molecule has 1 heterocycles. The van der Waals surface area contributed by atoms with Crippen LogP contribution in [0.2, 0.25) is 0 Å². The van der Waals surface area contributed by atoms with Crippen molar-refractivity contribution in [2.75, 3.05) is 4.90 Å². The van der Waals surface area contributed by atoms with E-state index in [2.05, 4.69) is 241 Å². The Bertz CT molecular complexity index is 3540. The summed E-state index contributed by atoms with van der Waals surface area (Å²) < 4.78 is 7.25. The van der Waals surface area contributed by atoms with Crippen molar-refractivity contribution in [1.82, 2.24) is 0 Å². The fraction of sp³-hybridized carbons (Fsp3) is 0.0164. The number of ether oxygens (including phenoxy) is 1. The molecule has 0 atom stereocenters. The molecule has 2 nitrogen and oxygen atoms in total. The molecule has 0 unspecified atom stereocenters. The van der Waals surface area contributed by atoms with Gasteiger partial charge in [0.25, 0.3) is 0 Å². The van der Waals surface area contributed by atoms with Crippen molar-refractivity contribution in [3.63, 3.8) is 0 Å². The van der Waals surface area contributed by atoms with Crippen LogP contribution in [-0.2, 0) is 5.41 Å². The van der Waals surface area contributed by atoms with Gasteiger partial charge in [0.05, 0.1) is 11.1 Å². The quantitative estimate of drug-likeness (QED) is 0.172. The van der Waals surface area contributed by atoms with Gasteiger partial charge in [-0.25, -0.2) is 0 Å². The highest BCUT2D eigenvalue weighted by Crippen LogP contribution is 2.64. The molecule has 0 bridgehead atoms. The summed E-state index contributed by atoms with van der Waals surface area (Å²) in [7, 11) is 0. The first-order chi connectivity index (χ1) is 31.2. The Morgan fingerprint density at radius 3 is 1.63 bits per heavy atom. The van der Waals surface area contributed by atoms with Crippen LogP contribution < -0.4 is 9.64 Å². The van der Waals surface area contributed by atoms with Crippen molar-refractivity contribution < 1.29 is 4.74 Å². The maximum absolute atomic E-state index is 7.25. The fourth-order valence-corrected chi connectivity index (χ4v) is 10.7. The third-order valence-electron chi connectivity index (χ3n) is 13.5. The summed E-state index contributed by atoms with van der Waals surface area (Å²) in [4.78, 5) is 2.43. The van der Waals surface area contributed by atoms with E-state index in [-0.39, 0.29) is 0 Å².